The molecule has 2 heterocycles. The molecule has 41 heavy (non-hydrogen) atoms. The van der Waals surface area contributed by atoms with E-state index < -0.39 is 0 Å². The van der Waals surface area contributed by atoms with Crippen molar-refractivity contribution in [2.45, 2.75) is 70.4 Å². The van der Waals surface area contributed by atoms with Crippen molar-refractivity contribution < 1.29 is 0 Å². The first-order chi connectivity index (χ1) is 20.1. The van der Waals surface area contributed by atoms with E-state index >= 15 is 0 Å². The zero-order valence-electron chi connectivity index (χ0n) is 24.3. The number of hydrogen-bond acceptors (Lipinski definition) is 2. The van der Waals surface area contributed by atoms with E-state index in [1.54, 1.807) is 0 Å². The minimum atomic E-state index is 0.427. The summed E-state index contributed by atoms with van der Waals surface area (Å²) in [5, 5.41) is 0. The first-order valence-corrected chi connectivity index (χ1v) is 15.4. The number of benzene rings is 4. The van der Waals surface area contributed by atoms with E-state index in [1.165, 1.54) is 68.1 Å². The Labute approximate surface area is 244 Å². The van der Waals surface area contributed by atoms with Gasteiger partial charge in [-0.3, -0.25) is 0 Å². The number of para-hydroxylation sites is 2. The largest absolute Gasteiger partial charge is 0.338 e. The lowest BCUT2D eigenvalue weighted by Crippen LogP contribution is -2.33. The van der Waals surface area contributed by atoms with Crippen molar-refractivity contribution in [3.05, 3.63) is 130 Å². The number of rotatable bonds is 4. The summed E-state index contributed by atoms with van der Waals surface area (Å²) in [5.74, 6) is 0.867. The van der Waals surface area contributed by atoms with E-state index in [4.69, 9.17) is 0 Å². The molecule has 4 aromatic carbocycles. The third-order valence-corrected chi connectivity index (χ3v) is 10.2. The van der Waals surface area contributed by atoms with E-state index in [2.05, 4.69) is 134 Å². The minimum absolute atomic E-state index is 0.427. The van der Waals surface area contributed by atoms with Gasteiger partial charge in [-0.1, -0.05) is 84.5 Å². The zero-order valence-corrected chi connectivity index (χ0v) is 24.3. The van der Waals surface area contributed by atoms with Gasteiger partial charge in [-0.15, -0.1) is 0 Å². The summed E-state index contributed by atoms with van der Waals surface area (Å²) >= 11 is 0. The van der Waals surface area contributed by atoms with Crippen molar-refractivity contribution in [2.24, 2.45) is 0 Å². The van der Waals surface area contributed by atoms with Gasteiger partial charge in [0.2, 0.25) is 0 Å². The number of nitrogens with zero attached hydrogens (tertiary/aromatic N) is 2. The second-order valence-electron chi connectivity index (χ2n) is 12.6. The highest BCUT2D eigenvalue weighted by Crippen LogP contribution is 2.51. The molecule has 0 fully saturated rings. The van der Waals surface area contributed by atoms with Gasteiger partial charge in [0, 0.05) is 57.8 Å². The molecule has 2 nitrogen and oxygen atoms in total. The first-order valence-electron chi connectivity index (χ1n) is 15.4. The van der Waals surface area contributed by atoms with Crippen LogP contribution in [0.15, 0.2) is 96.6 Å². The molecule has 2 aliphatic carbocycles. The van der Waals surface area contributed by atoms with Gasteiger partial charge in [0.05, 0.1) is 0 Å². The second kappa shape index (κ2) is 9.52. The normalized spacial score (nSPS) is 23.7. The molecular weight excluding hydrogens is 496 g/mol. The van der Waals surface area contributed by atoms with Crippen LogP contribution in [0.5, 0.6) is 0 Å². The third-order valence-electron chi connectivity index (χ3n) is 10.2. The summed E-state index contributed by atoms with van der Waals surface area (Å²) in [6.45, 7) is 7.09. The standard InChI is InChI=1S/C39H38N2/c1-25-22-35-32(13-9-17-39(35)40-26(2)18-19-28-10-4-6-14-36(28)40)34(25)24-29-20-21-33-31(29)12-8-16-38(33)41-27(3)23-30-11-5-7-15-37(30)41/h4-17,20-22,26-27,29,34H,18-19,23-24H2,1-3H3. The summed E-state index contributed by atoms with van der Waals surface area (Å²) in [6, 6.07) is 32.9. The fraction of sp³-hybridized carbons (Fsp3) is 0.282. The van der Waals surface area contributed by atoms with Gasteiger partial charge in [0.25, 0.3) is 0 Å². The quantitative estimate of drug-likeness (QED) is 0.257. The summed E-state index contributed by atoms with van der Waals surface area (Å²) in [4.78, 5) is 5.18. The molecule has 0 N–H and O–H groups in total. The molecule has 204 valence electrons. The van der Waals surface area contributed by atoms with Crippen molar-refractivity contribution in [2.75, 3.05) is 9.80 Å². The smallest absolute Gasteiger partial charge is 0.0489 e. The van der Waals surface area contributed by atoms with Gasteiger partial charge in [0.1, 0.15) is 0 Å². The van der Waals surface area contributed by atoms with Crippen molar-refractivity contribution in [3.63, 3.8) is 0 Å². The second-order valence-corrected chi connectivity index (χ2v) is 12.6. The highest BCUT2D eigenvalue weighted by atomic mass is 15.2. The van der Waals surface area contributed by atoms with E-state index in [0.717, 1.165) is 19.3 Å². The lowest BCUT2D eigenvalue weighted by atomic mass is 9.84. The molecule has 8 rings (SSSR count). The molecule has 0 saturated heterocycles. The Morgan fingerprint density at radius 3 is 2.10 bits per heavy atom. The van der Waals surface area contributed by atoms with Gasteiger partial charge in [0.15, 0.2) is 0 Å². The van der Waals surface area contributed by atoms with E-state index in [-0.39, 0.29) is 0 Å². The Bertz CT molecular complexity index is 1730. The number of allylic oxidation sites excluding steroid dienone is 2. The maximum atomic E-state index is 2.61. The van der Waals surface area contributed by atoms with Crippen LogP contribution in [0.3, 0.4) is 0 Å². The van der Waals surface area contributed by atoms with Crippen LogP contribution < -0.4 is 9.80 Å². The molecule has 0 spiro atoms. The number of fused-ring (bicyclic) bond motifs is 4. The maximum absolute atomic E-state index is 2.61. The van der Waals surface area contributed by atoms with E-state index in [0.29, 0.717) is 23.9 Å². The Morgan fingerprint density at radius 1 is 0.659 bits per heavy atom. The predicted molar refractivity (Wildman–Crippen MR) is 174 cm³/mol. The Morgan fingerprint density at radius 2 is 1.29 bits per heavy atom. The lowest BCUT2D eigenvalue weighted by molar-refractivity contribution is 0.617. The van der Waals surface area contributed by atoms with Gasteiger partial charge in [-0.25, -0.2) is 0 Å². The van der Waals surface area contributed by atoms with E-state index in [9.17, 15) is 0 Å². The Hall–Kier alpha value is -4.04. The summed E-state index contributed by atoms with van der Waals surface area (Å²) < 4.78 is 0. The monoisotopic (exact) mass is 534 g/mol. The van der Waals surface area contributed by atoms with Crippen LogP contribution in [0.4, 0.5) is 22.7 Å². The molecule has 4 unspecified atom stereocenters. The average molecular weight is 535 g/mol. The molecule has 2 aliphatic heterocycles. The van der Waals surface area contributed by atoms with Crippen LogP contribution in [0.25, 0.3) is 12.2 Å². The molecule has 2 heteroatoms. The van der Waals surface area contributed by atoms with Crippen molar-refractivity contribution in [1.82, 2.24) is 0 Å². The number of hydrogen-bond donors (Lipinski definition) is 0. The maximum Gasteiger partial charge on any atom is 0.0489 e. The van der Waals surface area contributed by atoms with Gasteiger partial charge >= 0.3 is 0 Å². The fourth-order valence-corrected chi connectivity index (χ4v) is 8.18. The average Bonchev–Trinajstić information content (AvgIpc) is 3.66. The van der Waals surface area contributed by atoms with Gasteiger partial charge < -0.3 is 9.80 Å². The van der Waals surface area contributed by atoms with E-state index in [1.807, 2.05) is 0 Å². The minimum Gasteiger partial charge on any atom is -0.338 e. The topological polar surface area (TPSA) is 6.48 Å². The van der Waals surface area contributed by atoms with Crippen molar-refractivity contribution in [1.29, 1.82) is 0 Å². The first kappa shape index (κ1) is 24.7. The number of aryl methyl sites for hydroxylation is 1. The molecule has 0 aromatic heterocycles. The molecule has 0 bridgehead atoms. The summed E-state index contributed by atoms with van der Waals surface area (Å²) in [7, 11) is 0. The Kier molecular flexibility index (Phi) is 5.74. The van der Waals surface area contributed by atoms with Crippen LogP contribution in [0.2, 0.25) is 0 Å². The van der Waals surface area contributed by atoms with Crippen LogP contribution in [-0.2, 0) is 12.8 Å². The summed E-state index contributed by atoms with van der Waals surface area (Å²) in [5.41, 5.74) is 15.7. The molecule has 4 aliphatic rings. The lowest BCUT2D eigenvalue weighted by Gasteiger charge is -2.38. The summed E-state index contributed by atoms with van der Waals surface area (Å²) in [6.07, 6.45) is 11.9. The SMILES string of the molecule is CC1=Cc2c(cccc2N2c3ccccc3CCC2C)C1CC1C=Cc2c1cccc2N1c2ccccc2CC1C. The van der Waals surface area contributed by atoms with Crippen LogP contribution in [-0.4, -0.2) is 12.1 Å². The van der Waals surface area contributed by atoms with Crippen molar-refractivity contribution in [3.8, 4) is 0 Å². The Balaban J connectivity index is 1.12. The van der Waals surface area contributed by atoms with Gasteiger partial charge in [-0.2, -0.15) is 0 Å². The molecule has 0 radical (unpaired) electrons. The highest BCUT2D eigenvalue weighted by Gasteiger charge is 2.34. The van der Waals surface area contributed by atoms with Gasteiger partial charge in [-0.05, 0) is 93.0 Å². The molecule has 0 saturated carbocycles. The zero-order chi connectivity index (χ0) is 27.7. The van der Waals surface area contributed by atoms with Crippen LogP contribution >= 0.6 is 0 Å². The van der Waals surface area contributed by atoms with Crippen molar-refractivity contribution >= 4 is 34.9 Å². The molecule has 4 atom stereocenters. The predicted octanol–water partition coefficient (Wildman–Crippen LogP) is 9.94. The van der Waals surface area contributed by atoms with Crippen LogP contribution in [0, 0.1) is 0 Å². The number of anilines is 4. The third kappa shape index (κ3) is 3.84. The highest BCUT2D eigenvalue weighted by molar-refractivity contribution is 5.84. The molecule has 4 aromatic rings. The fourth-order valence-electron chi connectivity index (χ4n) is 8.18. The molecule has 0 amide bonds. The molecular formula is C39H38N2. The van der Waals surface area contributed by atoms with Crippen LogP contribution in [0.1, 0.15) is 78.8 Å².